The minimum absolute atomic E-state index is 0.0761. The quantitative estimate of drug-likeness (QED) is 0.455. The van der Waals surface area contributed by atoms with Crippen molar-refractivity contribution in [3.63, 3.8) is 0 Å². The lowest BCUT2D eigenvalue weighted by atomic mass is 10.2. The van der Waals surface area contributed by atoms with Crippen LogP contribution in [0.1, 0.15) is 49.3 Å². The number of aryl methyl sites for hydroxylation is 4. The van der Waals surface area contributed by atoms with Crippen LogP contribution in [0.5, 0.6) is 5.75 Å². The molecule has 3 rings (SSSR count). The van der Waals surface area contributed by atoms with Crippen LogP contribution in [0.3, 0.4) is 0 Å². The minimum Gasteiger partial charge on any atom is -0.497 e. The molecule has 0 bridgehead atoms. The Morgan fingerprint density at radius 3 is 2.09 bits per heavy atom. The van der Waals surface area contributed by atoms with Crippen molar-refractivity contribution in [3.8, 4) is 5.75 Å². The summed E-state index contributed by atoms with van der Waals surface area (Å²) in [5.41, 5.74) is 1.73. The third kappa shape index (κ3) is 6.49. The van der Waals surface area contributed by atoms with Gasteiger partial charge in [-0.1, -0.05) is 12.1 Å². The fourth-order valence-electron chi connectivity index (χ4n) is 3.37. The van der Waals surface area contributed by atoms with Gasteiger partial charge in [0.1, 0.15) is 40.5 Å². The molecule has 8 heteroatoms. The highest BCUT2D eigenvalue weighted by molar-refractivity contribution is 5.95. The number of esters is 1. The molecule has 1 atom stereocenters. The van der Waals surface area contributed by atoms with E-state index in [1.165, 1.54) is 0 Å². The van der Waals surface area contributed by atoms with E-state index in [0.717, 1.165) is 11.3 Å². The molecule has 1 aromatic carbocycles. The fourth-order valence-corrected chi connectivity index (χ4v) is 3.37. The SMILES string of the molecule is COc1ccc(COC[C@H](CNC(=O)c2cc(C)oc2C)OC(=O)c2cc(C)oc2C)cc1. The summed E-state index contributed by atoms with van der Waals surface area (Å²) in [6.45, 7) is 7.44. The van der Waals surface area contributed by atoms with Crippen molar-refractivity contribution in [2.45, 2.75) is 40.4 Å². The van der Waals surface area contributed by atoms with Crippen LogP contribution in [0.4, 0.5) is 0 Å². The highest BCUT2D eigenvalue weighted by Crippen LogP contribution is 2.17. The van der Waals surface area contributed by atoms with Crippen molar-refractivity contribution < 1.29 is 32.6 Å². The third-order valence-electron chi connectivity index (χ3n) is 5.04. The van der Waals surface area contributed by atoms with Gasteiger partial charge >= 0.3 is 5.97 Å². The number of hydrogen-bond donors (Lipinski definition) is 1. The minimum atomic E-state index is -0.706. The van der Waals surface area contributed by atoms with Crippen LogP contribution in [-0.4, -0.2) is 38.2 Å². The van der Waals surface area contributed by atoms with Gasteiger partial charge in [-0.2, -0.15) is 0 Å². The second-order valence-corrected chi connectivity index (χ2v) is 7.75. The number of benzene rings is 1. The molecule has 176 valence electrons. The van der Waals surface area contributed by atoms with Crippen molar-refractivity contribution >= 4 is 11.9 Å². The Morgan fingerprint density at radius 2 is 1.55 bits per heavy atom. The van der Waals surface area contributed by atoms with Crippen LogP contribution in [0.25, 0.3) is 0 Å². The van der Waals surface area contributed by atoms with E-state index in [2.05, 4.69) is 5.32 Å². The van der Waals surface area contributed by atoms with Crippen LogP contribution < -0.4 is 10.1 Å². The molecule has 1 amide bonds. The van der Waals surface area contributed by atoms with Gasteiger partial charge < -0.3 is 28.4 Å². The maximum Gasteiger partial charge on any atom is 0.342 e. The highest BCUT2D eigenvalue weighted by atomic mass is 16.6. The Kier molecular flexibility index (Phi) is 7.95. The Hall–Kier alpha value is -3.52. The largest absolute Gasteiger partial charge is 0.497 e. The molecule has 33 heavy (non-hydrogen) atoms. The molecule has 0 radical (unpaired) electrons. The van der Waals surface area contributed by atoms with E-state index in [0.29, 0.717) is 40.8 Å². The van der Waals surface area contributed by atoms with Crippen molar-refractivity contribution in [2.24, 2.45) is 0 Å². The second-order valence-electron chi connectivity index (χ2n) is 7.75. The van der Waals surface area contributed by atoms with Crippen LogP contribution in [0.2, 0.25) is 0 Å². The molecule has 8 nitrogen and oxygen atoms in total. The Morgan fingerprint density at radius 1 is 0.939 bits per heavy atom. The maximum atomic E-state index is 12.7. The number of carbonyl (C=O) groups is 2. The molecule has 0 aliphatic carbocycles. The Balaban J connectivity index is 1.63. The van der Waals surface area contributed by atoms with Crippen LogP contribution >= 0.6 is 0 Å². The molecular weight excluding hydrogens is 426 g/mol. The molecule has 0 aliphatic rings. The second kappa shape index (κ2) is 10.9. The van der Waals surface area contributed by atoms with E-state index in [-0.39, 0.29) is 19.1 Å². The first-order chi connectivity index (χ1) is 15.8. The van der Waals surface area contributed by atoms with Crippen molar-refractivity contribution in [1.29, 1.82) is 0 Å². The smallest absolute Gasteiger partial charge is 0.342 e. The molecule has 2 aromatic heterocycles. The van der Waals surface area contributed by atoms with Gasteiger partial charge in [-0.15, -0.1) is 0 Å². The van der Waals surface area contributed by atoms with Crippen molar-refractivity contribution in [3.05, 3.63) is 76.1 Å². The van der Waals surface area contributed by atoms with Crippen molar-refractivity contribution in [2.75, 3.05) is 20.3 Å². The summed E-state index contributed by atoms with van der Waals surface area (Å²) >= 11 is 0. The van der Waals surface area contributed by atoms with Gasteiger partial charge in [-0.3, -0.25) is 4.79 Å². The lowest BCUT2D eigenvalue weighted by Crippen LogP contribution is -2.37. The molecule has 2 heterocycles. The number of hydrogen-bond acceptors (Lipinski definition) is 7. The molecule has 1 N–H and O–H groups in total. The van der Waals surface area contributed by atoms with E-state index < -0.39 is 12.1 Å². The zero-order valence-corrected chi connectivity index (χ0v) is 19.5. The lowest BCUT2D eigenvalue weighted by molar-refractivity contribution is -0.00757. The van der Waals surface area contributed by atoms with E-state index in [4.69, 9.17) is 23.0 Å². The number of amides is 1. The Bertz CT molecular complexity index is 1090. The molecule has 0 aliphatic heterocycles. The highest BCUT2D eigenvalue weighted by Gasteiger charge is 2.22. The van der Waals surface area contributed by atoms with Gasteiger partial charge in [0.2, 0.25) is 0 Å². The van der Waals surface area contributed by atoms with E-state index in [9.17, 15) is 9.59 Å². The van der Waals surface area contributed by atoms with Gasteiger partial charge in [-0.05, 0) is 57.5 Å². The zero-order chi connectivity index (χ0) is 24.0. The topological polar surface area (TPSA) is 100 Å². The summed E-state index contributed by atoms with van der Waals surface area (Å²) in [6, 6.07) is 10.8. The fraction of sp³-hybridized carbons (Fsp3) is 0.360. The monoisotopic (exact) mass is 455 g/mol. The summed E-state index contributed by atoms with van der Waals surface area (Å²) < 4.78 is 27.4. The summed E-state index contributed by atoms with van der Waals surface area (Å²) in [4.78, 5) is 25.3. The maximum absolute atomic E-state index is 12.7. The molecule has 3 aromatic rings. The lowest BCUT2D eigenvalue weighted by Gasteiger charge is -2.19. The van der Waals surface area contributed by atoms with E-state index in [1.807, 2.05) is 24.3 Å². The van der Waals surface area contributed by atoms with Gasteiger partial charge in [0.25, 0.3) is 5.91 Å². The van der Waals surface area contributed by atoms with E-state index in [1.54, 1.807) is 46.9 Å². The predicted octanol–water partition coefficient (Wildman–Crippen LogP) is 4.29. The van der Waals surface area contributed by atoms with Crippen LogP contribution in [0, 0.1) is 27.7 Å². The summed E-state index contributed by atoms with van der Waals surface area (Å²) in [5, 5.41) is 2.80. The number of carbonyl (C=O) groups excluding carboxylic acids is 2. The van der Waals surface area contributed by atoms with E-state index >= 15 is 0 Å². The number of nitrogens with one attached hydrogen (secondary N) is 1. The normalized spacial score (nSPS) is 11.8. The number of methoxy groups -OCH3 is 1. The van der Waals surface area contributed by atoms with Crippen LogP contribution in [-0.2, 0) is 16.1 Å². The van der Waals surface area contributed by atoms with Crippen LogP contribution in [0.15, 0.2) is 45.2 Å². The van der Waals surface area contributed by atoms with Gasteiger partial charge in [0, 0.05) is 0 Å². The molecule has 0 saturated heterocycles. The average molecular weight is 456 g/mol. The number of furan rings is 2. The third-order valence-corrected chi connectivity index (χ3v) is 5.04. The summed E-state index contributed by atoms with van der Waals surface area (Å²) in [7, 11) is 1.61. The van der Waals surface area contributed by atoms with Gasteiger partial charge in [0.05, 0.1) is 32.4 Å². The van der Waals surface area contributed by atoms with Gasteiger partial charge in [0.15, 0.2) is 0 Å². The standard InChI is InChI=1S/C25H29NO7/c1-15-10-22(17(3)31-15)24(27)26-12-21(33-25(28)23-11-16(2)32-18(23)4)14-30-13-19-6-8-20(29-5)9-7-19/h6-11,21H,12-14H2,1-5H3,(H,26,27)/t21-/m0/s1. The summed E-state index contributed by atoms with van der Waals surface area (Å²) in [5.74, 6) is 2.18. The first kappa shape index (κ1) is 24.1. The predicted molar refractivity (Wildman–Crippen MR) is 121 cm³/mol. The first-order valence-corrected chi connectivity index (χ1v) is 10.6. The molecular formula is C25H29NO7. The summed E-state index contributed by atoms with van der Waals surface area (Å²) in [6.07, 6.45) is -0.706. The molecule has 0 spiro atoms. The number of rotatable bonds is 10. The zero-order valence-electron chi connectivity index (χ0n) is 19.5. The molecule has 0 unspecified atom stereocenters. The average Bonchev–Trinajstić information content (AvgIpc) is 3.31. The first-order valence-electron chi connectivity index (χ1n) is 10.6. The molecule has 0 fully saturated rings. The Labute approximate surface area is 192 Å². The number of ether oxygens (including phenoxy) is 3. The van der Waals surface area contributed by atoms with Crippen molar-refractivity contribution in [1.82, 2.24) is 5.32 Å². The van der Waals surface area contributed by atoms with Gasteiger partial charge in [-0.25, -0.2) is 4.79 Å². The molecule has 0 saturated carbocycles.